The highest BCUT2D eigenvalue weighted by Crippen LogP contribution is 2.39. The Morgan fingerprint density at radius 2 is 0.679 bits per heavy atom. The Balaban J connectivity index is 6.50. The van der Waals surface area contributed by atoms with Gasteiger partial charge in [0.2, 0.25) is 0 Å². The SMILES string of the molecule is CCCC(C)(C)N(C(=N)N(C(C)(C)CCC)C(C)(C)CCC)C(C)(C)CCC. The van der Waals surface area contributed by atoms with Gasteiger partial charge in [-0.05, 0) is 81.1 Å². The summed E-state index contributed by atoms with van der Waals surface area (Å²) < 4.78 is 0. The monoisotopic (exact) mass is 395 g/mol. The molecule has 0 rings (SSSR count). The Hall–Kier alpha value is -0.730. The van der Waals surface area contributed by atoms with Crippen LogP contribution in [0.4, 0.5) is 0 Å². The molecule has 0 bridgehead atoms. The molecule has 168 valence electrons. The first-order valence-corrected chi connectivity index (χ1v) is 11.8. The van der Waals surface area contributed by atoms with Crippen molar-refractivity contribution in [2.45, 2.75) is 157 Å². The molecule has 0 saturated heterocycles. The fourth-order valence-electron chi connectivity index (χ4n) is 5.78. The van der Waals surface area contributed by atoms with Crippen molar-refractivity contribution < 1.29 is 0 Å². The third kappa shape index (κ3) is 6.66. The van der Waals surface area contributed by atoms with Gasteiger partial charge in [-0.25, -0.2) is 0 Å². The van der Waals surface area contributed by atoms with E-state index in [-0.39, 0.29) is 22.2 Å². The quantitative estimate of drug-likeness (QED) is 0.269. The zero-order chi connectivity index (χ0) is 22.4. The van der Waals surface area contributed by atoms with Crippen LogP contribution < -0.4 is 0 Å². The zero-order valence-electron chi connectivity index (χ0n) is 21.6. The lowest BCUT2D eigenvalue weighted by Crippen LogP contribution is -2.68. The highest BCUT2D eigenvalue weighted by atomic mass is 15.5. The van der Waals surface area contributed by atoms with Crippen LogP contribution in [0.5, 0.6) is 0 Å². The Morgan fingerprint density at radius 3 is 0.821 bits per heavy atom. The van der Waals surface area contributed by atoms with Gasteiger partial charge in [0.15, 0.2) is 5.96 Å². The number of hydrogen-bond donors (Lipinski definition) is 1. The van der Waals surface area contributed by atoms with Gasteiger partial charge in [0.25, 0.3) is 0 Å². The summed E-state index contributed by atoms with van der Waals surface area (Å²) in [6.45, 7) is 27.7. The van der Waals surface area contributed by atoms with Crippen molar-refractivity contribution >= 4 is 5.96 Å². The average molecular weight is 396 g/mol. The second-order valence-electron chi connectivity index (χ2n) is 11.2. The third-order valence-electron chi connectivity index (χ3n) is 6.29. The van der Waals surface area contributed by atoms with Gasteiger partial charge in [0.1, 0.15) is 0 Å². The molecule has 0 unspecified atom stereocenters. The van der Waals surface area contributed by atoms with Crippen molar-refractivity contribution in [1.82, 2.24) is 9.80 Å². The van der Waals surface area contributed by atoms with Gasteiger partial charge < -0.3 is 9.80 Å². The summed E-state index contributed by atoms with van der Waals surface area (Å²) in [5, 5.41) is 9.59. The summed E-state index contributed by atoms with van der Waals surface area (Å²) in [5.74, 6) is 0.716. The van der Waals surface area contributed by atoms with Crippen molar-refractivity contribution in [3.63, 3.8) is 0 Å². The highest BCUT2D eigenvalue weighted by Gasteiger charge is 2.46. The van der Waals surface area contributed by atoms with E-state index < -0.39 is 0 Å². The first-order chi connectivity index (χ1) is 12.6. The molecule has 0 atom stereocenters. The van der Waals surface area contributed by atoms with E-state index in [9.17, 15) is 5.41 Å². The molecule has 0 aromatic heterocycles. The van der Waals surface area contributed by atoms with Crippen LogP contribution in [0.15, 0.2) is 0 Å². The fourth-order valence-corrected chi connectivity index (χ4v) is 5.78. The van der Waals surface area contributed by atoms with Crippen LogP contribution in [0.1, 0.15) is 134 Å². The zero-order valence-corrected chi connectivity index (χ0v) is 21.6. The lowest BCUT2D eigenvalue weighted by molar-refractivity contribution is 0.0117. The standard InChI is InChI=1S/C25H53N3/c1-13-17-22(5,6)27(23(7,8)18-14-2)21(26)28(24(9,10)19-15-3)25(11,12)20-16-4/h26H,13-20H2,1-12H3. The van der Waals surface area contributed by atoms with Crippen molar-refractivity contribution in [2.24, 2.45) is 0 Å². The minimum absolute atomic E-state index is 0.0483. The Labute approximate surface area is 178 Å². The summed E-state index contributed by atoms with van der Waals surface area (Å²) in [5.41, 5.74) is -0.193. The summed E-state index contributed by atoms with van der Waals surface area (Å²) >= 11 is 0. The van der Waals surface area contributed by atoms with E-state index in [1.54, 1.807) is 0 Å². The van der Waals surface area contributed by atoms with Crippen molar-refractivity contribution in [3.05, 3.63) is 0 Å². The van der Waals surface area contributed by atoms with E-state index in [1.807, 2.05) is 0 Å². The number of hydrogen-bond acceptors (Lipinski definition) is 1. The molecule has 28 heavy (non-hydrogen) atoms. The van der Waals surface area contributed by atoms with Crippen molar-refractivity contribution in [1.29, 1.82) is 5.41 Å². The van der Waals surface area contributed by atoms with Gasteiger partial charge in [-0.15, -0.1) is 0 Å². The van der Waals surface area contributed by atoms with E-state index in [4.69, 9.17) is 0 Å². The van der Waals surface area contributed by atoms with Crippen LogP contribution in [-0.2, 0) is 0 Å². The molecule has 0 aliphatic carbocycles. The Morgan fingerprint density at radius 1 is 0.500 bits per heavy atom. The Kier molecular flexibility index (Phi) is 10.1. The molecule has 0 saturated carbocycles. The second-order valence-corrected chi connectivity index (χ2v) is 11.2. The molecule has 0 heterocycles. The molecule has 0 amide bonds. The van der Waals surface area contributed by atoms with Crippen molar-refractivity contribution in [2.75, 3.05) is 0 Å². The highest BCUT2D eigenvalue weighted by molar-refractivity contribution is 5.80. The van der Waals surface area contributed by atoms with Gasteiger partial charge in [0, 0.05) is 22.2 Å². The lowest BCUT2D eigenvalue weighted by Gasteiger charge is -2.58. The van der Waals surface area contributed by atoms with Crippen LogP contribution in [0.25, 0.3) is 0 Å². The van der Waals surface area contributed by atoms with E-state index in [1.165, 1.54) is 0 Å². The molecular weight excluding hydrogens is 342 g/mol. The summed E-state index contributed by atoms with van der Waals surface area (Å²) in [6.07, 6.45) is 8.92. The largest absolute Gasteiger partial charge is 0.333 e. The molecule has 0 fully saturated rings. The molecule has 0 aromatic rings. The van der Waals surface area contributed by atoms with Crippen molar-refractivity contribution in [3.8, 4) is 0 Å². The number of nitrogens with one attached hydrogen (secondary N) is 1. The first kappa shape index (κ1) is 27.3. The molecule has 0 aliphatic heterocycles. The maximum atomic E-state index is 9.59. The van der Waals surface area contributed by atoms with Crippen LogP contribution >= 0.6 is 0 Å². The van der Waals surface area contributed by atoms with Gasteiger partial charge in [-0.1, -0.05) is 53.4 Å². The maximum absolute atomic E-state index is 9.59. The minimum Gasteiger partial charge on any atom is -0.333 e. The molecule has 0 radical (unpaired) electrons. The molecule has 0 aromatic carbocycles. The van der Waals surface area contributed by atoms with Gasteiger partial charge in [-0.3, -0.25) is 5.41 Å². The van der Waals surface area contributed by atoms with E-state index in [2.05, 4.69) is 92.9 Å². The first-order valence-electron chi connectivity index (χ1n) is 11.8. The molecular formula is C25H53N3. The smallest absolute Gasteiger partial charge is 0.195 e. The lowest BCUT2D eigenvalue weighted by atomic mass is 9.84. The van der Waals surface area contributed by atoms with E-state index in [0.29, 0.717) is 5.96 Å². The predicted molar refractivity (Wildman–Crippen MR) is 127 cm³/mol. The molecule has 3 nitrogen and oxygen atoms in total. The van der Waals surface area contributed by atoms with Crippen LogP contribution in [0, 0.1) is 5.41 Å². The predicted octanol–water partition coefficient (Wildman–Crippen LogP) is 7.84. The number of rotatable bonds is 12. The van der Waals surface area contributed by atoms with Gasteiger partial charge in [0.05, 0.1) is 0 Å². The fraction of sp³-hybridized carbons (Fsp3) is 0.960. The molecule has 0 spiro atoms. The maximum Gasteiger partial charge on any atom is 0.195 e. The second kappa shape index (κ2) is 10.3. The van der Waals surface area contributed by atoms with Crippen LogP contribution in [0.2, 0.25) is 0 Å². The number of nitrogens with zero attached hydrogens (tertiary/aromatic N) is 2. The third-order valence-corrected chi connectivity index (χ3v) is 6.29. The van der Waals surface area contributed by atoms with Crippen LogP contribution in [0.3, 0.4) is 0 Å². The van der Waals surface area contributed by atoms with E-state index in [0.717, 1.165) is 51.4 Å². The molecule has 3 heteroatoms. The number of guanidine groups is 1. The summed E-state index contributed by atoms with van der Waals surface area (Å²) in [7, 11) is 0. The molecule has 1 N–H and O–H groups in total. The molecule has 0 aliphatic rings. The van der Waals surface area contributed by atoms with Gasteiger partial charge in [-0.2, -0.15) is 0 Å². The topological polar surface area (TPSA) is 30.3 Å². The summed E-state index contributed by atoms with van der Waals surface area (Å²) in [6, 6.07) is 0. The van der Waals surface area contributed by atoms with Gasteiger partial charge >= 0.3 is 0 Å². The summed E-state index contributed by atoms with van der Waals surface area (Å²) in [4.78, 5) is 4.92. The normalized spacial score (nSPS) is 13.6. The van der Waals surface area contributed by atoms with E-state index >= 15 is 0 Å². The van der Waals surface area contributed by atoms with Crippen LogP contribution in [-0.4, -0.2) is 37.9 Å². The Bertz CT molecular complexity index is 396. The average Bonchev–Trinajstić information content (AvgIpc) is 2.44. The minimum atomic E-state index is -0.0483.